The quantitative estimate of drug-likeness (QED) is 0.585. The second kappa shape index (κ2) is 8.48. The predicted octanol–water partition coefficient (Wildman–Crippen LogP) is 3.91. The number of rotatable bonds is 5. The van der Waals surface area contributed by atoms with Crippen molar-refractivity contribution < 1.29 is 23.6 Å². The van der Waals surface area contributed by atoms with E-state index in [-0.39, 0.29) is 18.5 Å². The minimum Gasteiger partial charge on any atom is -0.487 e. The van der Waals surface area contributed by atoms with E-state index in [1.54, 1.807) is 4.90 Å². The van der Waals surface area contributed by atoms with Gasteiger partial charge in [0.25, 0.3) is 0 Å². The van der Waals surface area contributed by atoms with Crippen molar-refractivity contribution in [3.8, 4) is 5.75 Å². The molecule has 27 heavy (non-hydrogen) atoms. The second-order valence-electron chi connectivity index (χ2n) is 6.19. The smallest absolute Gasteiger partial charge is 0.410 e. The van der Waals surface area contributed by atoms with Gasteiger partial charge in [-0.2, -0.15) is 4.39 Å². The summed E-state index contributed by atoms with van der Waals surface area (Å²) in [4.78, 5) is 23.7. The van der Waals surface area contributed by atoms with Crippen LogP contribution in [-0.2, 0) is 11.3 Å². The summed E-state index contributed by atoms with van der Waals surface area (Å²) in [7, 11) is 0. The predicted molar refractivity (Wildman–Crippen MR) is 94.9 cm³/mol. The van der Waals surface area contributed by atoms with Gasteiger partial charge in [0.05, 0.1) is 4.92 Å². The molecule has 8 heteroatoms. The maximum atomic E-state index is 14.1. The van der Waals surface area contributed by atoms with E-state index in [9.17, 15) is 19.3 Å². The average molecular weight is 374 g/mol. The molecule has 0 aromatic heterocycles. The zero-order valence-corrected chi connectivity index (χ0v) is 14.5. The number of amides is 1. The maximum Gasteiger partial charge on any atom is 0.410 e. The van der Waals surface area contributed by atoms with Crippen LogP contribution in [-0.4, -0.2) is 35.1 Å². The highest BCUT2D eigenvalue weighted by Gasteiger charge is 2.27. The molecule has 7 nitrogen and oxygen atoms in total. The van der Waals surface area contributed by atoms with Crippen LogP contribution in [0.1, 0.15) is 18.4 Å². The highest BCUT2D eigenvalue weighted by Crippen LogP contribution is 2.28. The number of piperidine rings is 1. The molecule has 0 bridgehead atoms. The fourth-order valence-electron chi connectivity index (χ4n) is 2.88. The molecule has 0 N–H and O–H groups in total. The number of carbonyl (C=O) groups is 1. The molecule has 1 fully saturated rings. The van der Waals surface area contributed by atoms with Gasteiger partial charge in [0, 0.05) is 32.0 Å². The molecular weight excluding hydrogens is 355 g/mol. The van der Waals surface area contributed by atoms with Gasteiger partial charge in [-0.25, -0.2) is 4.79 Å². The molecule has 1 heterocycles. The minimum absolute atomic E-state index is 0.144. The number of likely N-dealkylation sites (tertiary alicyclic amines) is 1. The van der Waals surface area contributed by atoms with Crippen LogP contribution in [0.4, 0.5) is 14.9 Å². The number of nitrogens with zero attached hydrogens (tertiary/aromatic N) is 2. The zero-order valence-electron chi connectivity index (χ0n) is 14.5. The number of nitro benzene ring substituents is 1. The molecule has 0 aliphatic carbocycles. The Balaban J connectivity index is 1.50. The van der Waals surface area contributed by atoms with Crippen molar-refractivity contribution >= 4 is 11.8 Å². The van der Waals surface area contributed by atoms with E-state index in [2.05, 4.69) is 0 Å². The van der Waals surface area contributed by atoms with Gasteiger partial charge in [0.1, 0.15) is 12.7 Å². The number of benzene rings is 2. The van der Waals surface area contributed by atoms with Crippen LogP contribution in [0.2, 0.25) is 0 Å². The molecule has 2 aromatic rings. The molecule has 142 valence electrons. The lowest BCUT2D eigenvalue weighted by molar-refractivity contribution is -0.387. The topological polar surface area (TPSA) is 81.9 Å². The first kappa shape index (κ1) is 18.6. The van der Waals surface area contributed by atoms with E-state index in [0.717, 1.165) is 11.6 Å². The fourth-order valence-corrected chi connectivity index (χ4v) is 2.88. The van der Waals surface area contributed by atoms with E-state index in [0.29, 0.717) is 25.9 Å². The van der Waals surface area contributed by atoms with E-state index in [4.69, 9.17) is 9.47 Å². The summed E-state index contributed by atoms with van der Waals surface area (Å²) in [6.07, 6.45) is 0.254. The van der Waals surface area contributed by atoms with Crippen molar-refractivity contribution in [2.45, 2.75) is 25.6 Å². The molecule has 3 rings (SSSR count). The number of halogens is 1. The third-order valence-electron chi connectivity index (χ3n) is 4.34. The molecule has 1 saturated heterocycles. The van der Waals surface area contributed by atoms with Crippen molar-refractivity contribution in [3.05, 3.63) is 70.0 Å². The van der Waals surface area contributed by atoms with Crippen LogP contribution in [0.3, 0.4) is 0 Å². The maximum absolute atomic E-state index is 14.1. The van der Waals surface area contributed by atoms with E-state index in [1.165, 1.54) is 12.1 Å². The van der Waals surface area contributed by atoms with Gasteiger partial charge in [0.2, 0.25) is 5.82 Å². The van der Waals surface area contributed by atoms with E-state index >= 15 is 0 Å². The lowest BCUT2D eigenvalue weighted by Crippen LogP contribution is -2.42. The Hall–Kier alpha value is -3.16. The fraction of sp³-hybridized carbons (Fsp3) is 0.316. The van der Waals surface area contributed by atoms with Crippen LogP contribution in [0.5, 0.6) is 5.75 Å². The number of ether oxygens (including phenoxy) is 2. The summed E-state index contributed by atoms with van der Waals surface area (Å²) >= 11 is 0. The lowest BCUT2D eigenvalue weighted by atomic mass is 10.1. The van der Waals surface area contributed by atoms with Crippen molar-refractivity contribution in [2.24, 2.45) is 0 Å². The van der Waals surface area contributed by atoms with Crippen LogP contribution in [0, 0.1) is 15.9 Å². The van der Waals surface area contributed by atoms with Gasteiger partial charge < -0.3 is 14.4 Å². The molecule has 0 spiro atoms. The monoisotopic (exact) mass is 374 g/mol. The molecule has 0 atom stereocenters. The number of carbonyl (C=O) groups excluding carboxylic acids is 1. The van der Waals surface area contributed by atoms with Gasteiger partial charge in [-0.15, -0.1) is 0 Å². The first-order chi connectivity index (χ1) is 13.0. The third kappa shape index (κ3) is 4.72. The minimum atomic E-state index is -0.979. The molecule has 0 saturated carbocycles. The molecule has 1 amide bonds. The van der Waals surface area contributed by atoms with Gasteiger partial charge in [-0.05, 0) is 11.6 Å². The first-order valence-corrected chi connectivity index (χ1v) is 8.60. The van der Waals surface area contributed by atoms with Gasteiger partial charge in [-0.3, -0.25) is 10.1 Å². The van der Waals surface area contributed by atoms with E-state index < -0.39 is 22.5 Å². The zero-order chi connectivity index (χ0) is 19.2. The Morgan fingerprint density at radius 3 is 2.52 bits per heavy atom. The number of nitro groups is 1. The van der Waals surface area contributed by atoms with Gasteiger partial charge >= 0.3 is 11.8 Å². The van der Waals surface area contributed by atoms with Crippen LogP contribution < -0.4 is 4.74 Å². The summed E-state index contributed by atoms with van der Waals surface area (Å²) in [5, 5.41) is 10.8. The van der Waals surface area contributed by atoms with Crippen LogP contribution in [0.25, 0.3) is 0 Å². The highest BCUT2D eigenvalue weighted by molar-refractivity contribution is 5.67. The Morgan fingerprint density at radius 1 is 1.15 bits per heavy atom. The summed E-state index contributed by atoms with van der Waals surface area (Å²) in [5.74, 6) is -1.12. The summed E-state index contributed by atoms with van der Waals surface area (Å²) in [5.41, 5.74) is 0.291. The third-order valence-corrected chi connectivity index (χ3v) is 4.34. The second-order valence-corrected chi connectivity index (χ2v) is 6.19. The van der Waals surface area contributed by atoms with Crippen molar-refractivity contribution in [1.29, 1.82) is 0 Å². The van der Waals surface area contributed by atoms with Gasteiger partial charge in [0.15, 0.2) is 5.75 Å². The molecule has 1 aliphatic heterocycles. The molecular formula is C19H19FN2O5. The normalized spacial score (nSPS) is 14.6. The largest absolute Gasteiger partial charge is 0.487 e. The highest BCUT2D eigenvalue weighted by atomic mass is 19.1. The Morgan fingerprint density at radius 2 is 1.85 bits per heavy atom. The van der Waals surface area contributed by atoms with Crippen LogP contribution >= 0.6 is 0 Å². The van der Waals surface area contributed by atoms with Crippen LogP contribution in [0.15, 0.2) is 48.5 Å². The molecule has 0 unspecified atom stereocenters. The summed E-state index contributed by atoms with van der Waals surface area (Å²) < 4.78 is 25.0. The number of hydrogen-bond donors (Lipinski definition) is 0. The Labute approximate surface area is 155 Å². The van der Waals surface area contributed by atoms with Gasteiger partial charge in [-0.1, -0.05) is 36.4 Å². The van der Waals surface area contributed by atoms with Crippen molar-refractivity contribution in [3.63, 3.8) is 0 Å². The van der Waals surface area contributed by atoms with Crippen molar-refractivity contribution in [2.75, 3.05) is 13.1 Å². The Bertz CT molecular complexity index is 807. The Kier molecular flexibility index (Phi) is 5.85. The van der Waals surface area contributed by atoms with E-state index in [1.807, 2.05) is 30.3 Å². The average Bonchev–Trinajstić information content (AvgIpc) is 2.69. The molecule has 0 radical (unpaired) electrons. The standard InChI is InChI=1S/C19H19FN2O5/c20-18-16(22(24)25)7-4-8-17(18)27-15-9-11-21(12-10-15)19(23)26-13-14-5-2-1-3-6-14/h1-8,15H,9-13H2. The summed E-state index contributed by atoms with van der Waals surface area (Å²) in [6.45, 7) is 1.03. The summed E-state index contributed by atoms with van der Waals surface area (Å²) in [6, 6.07) is 13.2. The lowest BCUT2D eigenvalue weighted by Gasteiger charge is -2.31. The number of hydrogen-bond acceptors (Lipinski definition) is 5. The van der Waals surface area contributed by atoms with Crippen molar-refractivity contribution in [1.82, 2.24) is 4.90 Å². The first-order valence-electron chi connectivity index (χ1n) is 8.60. The molecule has 1 aliphatic rings. The SMILES string of the molecule is O=C(OCc1ccccc1)N1CCC(Oc2cccc([N+](=O)[O-])c2F)CC1. The molecule has 2 aromatic carbocycles.